The molecule has 6 nitrogen and oxygen atoms in total. The van der Waals surface area contributed by atoms with Gasteiger partial charge in [0.15, 0.2) is 0 Å². The van der Waals surface area contributed by atoms with Gasteiger partial charge in [-0.2, -0.15) is 0 Å². The largest absolute Gasteiger partial charge is 0.478 e. The Kier molecular flexibility index (Phi) is 8.69. The molecule has 0 aliphatic rings. The molecule has 0 fully saturated rings. The Hall–Kier alpha value is -2.11. The van der Waals surface area contributed by atoms with Crippen molar-refractivity contribution in [1.29, 1.82) is 0 Å². The van der Waals surface area contributed by atoms with Crippen LogP contribution in [0.15, 0.2) is 24.3 Å². The van der Waals surface area contributed by atoms with E-state index >= 15 is 0 Å². The molecule has 0 aliphatic carbocycles. The molecule has 0 atom stereocenters. The first kappa shape index (κ1) is 15.4. The lowest BCUT2D eigenvalue weighted by atomic mass is 10.3. The second-order valence-corrected chi connectivity index (χ2v) is 2.20. The van der Waals surface area contributed by atoms with E-state index in [9.17, 15) is 14.4 Å². The summed E-state index contributed by atoms with van der Waals surface area (Å²) in [7, 11) is 1.31. The van der Waals surface area contributed by atoms with Gasteiger partial charge in [-0.25, -0.2) is 14.4 Å². The van der Waals surface area contributed by atoms with Gasteiger partial charge in [0.2, 0.25) is 0 Å². The molecule has 2 N–H and O–H groups in total. The van der Waals surface area contributed by atoms with Crippen LogP contribution in [0.1, 0.15) is 6.92 Å². The van der Waals surface area contributed by atoms with Gasteiger partial charge in [0, 0.05) is 17.7 Å². The molecular formula is C9H12O6. The minimum atomic E-state index is -1.24. The van der Waals surface area contributed by atoms with Crippen LogP contribution in [0.3, 0.4) is 0 Å². The first-order chi connectivity index (χ1) is 6.84. The summed E-state index contributed by atoms with van der Waals surface area (Å²) in [5.74, 6) is -2.85. The van der Waals surface area contributed by atoms with Crippen LogP contribution in [0.4, 0.5) is 0 Å². The highest BCUT2D eigenvalue weighted by molar-refractivity contribution is 5.93. The number of hydrogen-bond acceptors (Lipinski definition) is 4. The minimum Gasteiger partial charge on any atom is -0.478 e. The molecule has 0 amide bonds. The Labute approximate surface area is 86.5 Å². The van der Waals surface area contributed by atoms with Gasteiger partial charge in [0.25, 0.3) is 0 Å². The number of carboxylic acid groups (broad SMARTS) is 2. The van der Waals surface area contributed by atoms with E-state index in [4.69, 9.17) is 10.2 Å². The van der Waals surface area contributed by atoms with E-state index in [2.05, 4.69) is 11.3 Å². The first-order valence-electron chi connectivity index (χ1n) is 3.70. The summed E-state index contributed by atoms with van der Waals surface area (Å²) in [4.78, 5) is 29.5. The molecule has 0 bridgehead atoms. The Bertz CT molecular complexity index is 289. The normalized spacial score (nSPS) is 9.33. The maximum absolute atomic E-state index is 9.90. The number of carbonyl (C=O) groups excluding carboxylic acids is 1. The molecule has 0 aromatic carbocycles. The molecule has 0 saturated carbocycles. The monoisotopic (exact) mass is 216 g/mol. The highest BCUT2D eigenvalue weighted by Crippen LogP contribution is 1.89. The molecule has 15 heavy (non-hydrogen) atoms. The predicted octanol–water partition coefficient (Wildman–Crippen LogP) is 0.447. The quantitative estimate of drug-likeness (QED) is 0.524. The smallest absolute Gasteiger partial charge is 0.331 e. The number of ether oxygens (including phenoxy) is 1. The van der Waals surface area contributed by atoms with Crippen LogP contribution in [0.25, 0.3) is 0 Å². The van der Waals surface area contributed by atoms with Gasteiger partial charge in [0.05, 0.1) is 7.11 Å². The van der Waals surface area contributed by atoms with Crippen molar-refractivity contribution >= 4 is 17.9 Å². The lowest BCUT2D eigenvalue weighted by molar-refractivity contribution is -0.135. The Morgan fingerprint density at radius 1 is 1.27 bits per heavy atom. The molecule has 0 saturated heterocycles. The lowest BCUT2D eigenvalue weighted by Gasteiger charge is -1.86. The molecular weight excluding hydrogens is 204 g/mol. The zero-order chi connectivity index (χ0) is 12.4. The van der Waals surface area contributed by atoms with E-state index in [0.29, 0.717) is 6.08 Å². The van der Waals surface area contributed by atoms with Crippen molar-refractivity contribution in [3.05, 3.63) is 24.3 Å². The van der Waals surface area contributed by atoms with Crippen LogP contribution < -0.4 is 0 Å². The van der Waals surface area contributed by atoms with Crippen molar-refractivity contribution in [1.82, 2.24) is 0 Å². The number of esters is 1. The molecule has 6 heteroatoms. The topological polar surface area (TPSA) is 101 Å². The zero-order valence-corrected chi connectivity index (χ0v) is 8.39. The van der Waals surface area contributed by atoms with Gasteiger partial charge in [-0.15, -0.1) is 0 Å². The van der Waals surface area contributed by atoms with Crippen molar-refractivity contribution in [3.63, 3.8) is 0 Å². The van der Waals surface area contributed by atoms with Gasteiger partial charge < -0.3 is 14.9 Å². The Morgan fingerprint density at radius 3 is 1.80 bits per heavy atom. The maximum atomic E-state index is 9.90. The SMILES string of the molecule is C/C(=C/C(=O)O)C(=O)O.C=CC(=O)OC. The van der Waals surface area contributed by atoms with Gasteiger partial charge in [-0.1, -0.05) is 6.58 Å². The van der Waals surface area contributed by atoms with E-state index < -0.39 is 17.9 Å². The molecule has 0 aromatic heterocycles. The van der Waals surface area contributed by atoms with Crippen molar-refractivity contribution in [3.8, 4) is 0 Å². The first-order valence-corrected chi connectivity index (χ1v) is 3.70. The van der Waals surface area contributed by atoms with Gasteiger partial charge in [0.1, 0.15) is 0 Å². The minimum absolute atomic E-state index is 0.178. The number of methoxy groups -OCH3 is 1. The summed E-state index contributed by atoms with van der Waals surface area (Å²) in [6.07, 6.45) is 1.75. The van der Waals surface area contributed by atoms with Crippen LogP contribution in [0.5, 0.6) is 0 Å². The summed E-state index contributed by atoms with van der Waals surface area (Å²) in [6, 6.07) is 0. The predicted molar refractivity (Wildman–Crippen MR) is 51.2 cm³/mol. The number of rotatable bonds is 3. The van der Waals surface area contributed by atoms with Crippen LogP contribution in [0.2, 0.25) is 0 Å². The molecule has 0 rings (SSSR count). The molecule has 0 heterocycles. The number of hydrogen-bond donors (Lipinski definition) is 2. The van der Waals surface area contributed by atoms with Crippen LogP contribution in [-0.4, -0.2) is 35.2 Å². The lowest BCUT2D eigenvalue weighted by Crippen LogP contribution is -1.99. The average Bonchev–Trinajstić information content (AvgIpc) is 2.16. The van der Waals surface area contributed by atoms with E-state index in [-0.39, 0.29) is 5.57 Å². The third kappa shape index (κ3) is 11.9. The third-order valence-electron chi connectivity index (χ3n) is 1.05. The summed E-state index contributed by atoms with van der Waals surface area (Å²) >= 11 is 0. The van der Waals surface area contributed by atoms with Crippen molar-refractivity contribution in [2.45, 2.75) is 6.92 Å². The Morgan fingerprint density at radius 2 is 1.73 bits per heavy atom. The van der Waals surface area contributed by atoms with Gasteiger partial charge >= 0.3 is 17.9 Å². The molecule has 0 aliphatic heterocycles. The van der Waals surface area contributed by atoms with Crippen molar-refractivity contribution in [2.24, 2.45) is 0 Å². The summed E-state index contributed by atoms with van der Waals surface area (Å²) in [5.41, 5.74) is -0.178. The number of carboxylic acids is 2. The van der Waals surface area contributed by atoms with Crippen molar-refractivity contribution < 1.29 is 29.3 Å². The van der Waals surface area contributed by atoms with Crippen molar-refractivity contribution in [2.75, 3.05) is 7.11 Å². The highest BCUT2D eigenvalue weighted by atomic mass is 16.5. The average molecular weight is 216 g/mol. The molecule has 0 aromatic rings. The van der Waals surface area contributed by atoms with Crippen LogP contribution >= 0.6 is 0 Å². The van der Waals surface area contributed by atoms with E-state index in [1.807, 2.05) is 0 Å². The highest BCUT2D eigenvalue weighted by Gasteiger charge is 2.00. The third-order valence-corrected chi connectivity index (χ3v) is 1.05. The fourth-order valence-electron chi connectivity index (χ4n) is 0.330. The summed E-state index contributed by atoms with van der Waals surface area (Å²) in [6.45, 7) is 4.38. The fourth-order valence-corrected chi connectivity index (χ4v) is 0.330. The fraction of sp³-hybridized carbons (Fsp3) is 0.222. The second kappa shape index (κ2) is 8.49. The molecule has 0 spiro atoms. The molecule has 84 valence electrons. The summed E-state index contributed by atoms with van der Waals surface area (Å²) < 4.78 is 4.14. The second-order valence-electron chi connectivity index (χ2n) is 2.20. The number of carbonyl (C=O) groups is 3. The van der Waals surface area contributed by atoms with Gasteiger partial charge in [-0.05, 0) is 6.92 Å². The number of aliphatic carboxylic acids is 2. The standard InChI is InChI=1S/C5H6O4.C4H6O2/c1-3(5(8)9)2-4(6)7;1-3-4(5)6-2/h2H,1H3,(H,6,7)(H,8,9);3H,1H2,2H3/b3-2-;. The van der Waals surface area contributed by atoms with Crippen LogP contribution in [-0.2, 0) is 19.1 Å². The summed E-state index contributed by atoms with van der Waals surface area (Å²) in [5, 5.41) is 16.1. The molecule has 0 unspecified atom stereocenters. The maximum Gasteiger partial charge on any atom is 0.331 e. The van der Waals surface area contributed by atoms with E-state index in [1.165, 1.54) is 14.0 Å². The van der Waals surface area contributed by atoms with Gasteiger partial charge in [-0.3, -0.25) is 0 Å². The van der Waals surface area contributed by atoms with E-state index in [1.54, 1.807) is 0 Å². The molecule has 0 radical (unpaired) electrons. The van der Waals surface area contributed by atoms with E-state index in [0.717, 1.165) is 6.08 Å². The zero-order valence-electron chi connectivity index (χ0n) is 8.39. The Balaban J connectivity index is 0. The van der Waals surface area contributed by atoms with Crippen LogP contribution in [0, 0.1) is 0 Å².